The molecule has 1 nitrogen and oxygen atoms in total. The van der Waals surface area contributed by atoms with E-state index in [1.165, 1.54) is 51.6 Å². The summed E-state index contributed by atoms with van der Waals surface area (Å²) in [5.74, 6) is 1.66. The number of rotatable bonds is 5. The van der Waals surface area contributed by atoms with E-state index in [4.69, 9.17) is 0 Å². The van der Waals surface area contributed by atoms with Gasteiger partial charge in [0.15, 0.2) is 0 Å². The van der Waals surface area contributed by atoms with Crippen molar-refractivity contribution >= 4 is 0 Å². The van der Waals surface area contributed by atoms with Gasteiger partial charge in [0.1, 0.15) is 0 Å². The van der Waals surface area contributed by atoms with Gasteiger partial charge in [0, 0.05) is 12.0 Å². The molecule has 2 atom stereocenters. The summed E-state index contributed by atoms with van der Waals surface area (Å²) in [6.45, 7) is 9.43. The van der Waals surface area contributed by atoms with Crippen LogP contribution in [0.1, 0.15) is 59.3 Å². The van der Waals surface area contributed by atoms with E-state index < -0.39 is 0 Å². The maximum Gasteiger partial charge on any atom is 0.00623 e. The fraction of sp³-hybridized carbons (Fsp3) is 0.875. The molecule has 1 heteroatoms. The lowest BCUT2D eigenvalue weighted by Crippen LogP contribution is -2.48. The lowest BCUT2D eigenvalue weighted by atomic mass is 9.55. The van der Waals surface area contributed by atoms with Gasteiger partial charge in [0.05, 0.1) is 0 Å². The van der Waals surface area contributed by atoms with E-state index in [0.29, 0.717) is 5.41 Å². The van der Waals surface area contributed by atoms with E-state index in [1.54, 1.807) is 5.57 Å². The predicted molar refractivity (Wildman–Crippen MR) is 75.1 cm³/mol. The largest absolute Gasteiger partial charge is 0.316 e. The quantitative estimate of drug-likeness (QED) is 0.706. The van der Waals surface area contributed by atoms with Gasteiger partial charge in [-0.2, -0.15) is 0 Å². The Bertz CT molecular complexity index is 279. The fourth-order valence-electron chi connectivity index (χ4n) is 3.51. The van der Waals surface area contributed by atoms with E-state index in [2.05, 4.69) is 32.2 Å². The van der Waals surface area contributed by atoms with Gasteiger partial charge in [0.25, 0.3) is 0 Å². The summed E-state index contributed by atoms with van der Waals surface area (Å²) >= 11 is 0. The van der Waals surface area contributed by atoms with E-state index >= 15 is 0 Å². The number of hydrogen-bond acceptors (Lipinski definition) is 1. The zero-order chi connectivity index (χ0) is 12.3. The summed E-state index contributed by atoms with van der Waals surface area (Å²) in [6.07, 6.45) is 10.9. The van der Waals surface area contributed by atoms with E-state index in [0.717, 1.165) is 11.8 Å². The Morgan fingerprint density at radius 2 is 2.24 bits per heavy atom. The zero-order valence-corrected chi connectivity index (χ0v) is 11.9. The highest BCUT2D eigenvalue weighted by molar-refractivity contribution is 5.22. The minimum atomic E-state index is 0.537. The van der Waals surface area contributed by atoms with Gasteiger partial charge in [-0.05, 0) is 56.9 Å². The summed E-state index contributed by atoms with van der Waals surface area (Å²) in [5, 5.41) is 3.71. The molecule has 98 valence electrons. The zero-order valence-electron chi connectivity index (χ0n) is 11.9. The lowest BCUT2D eigenvalue weighted by Gasteiger charge is -2.51. The highest BCUT2D eigenvalue weighted by Crippen LogP contribution is 2.53. The molecule has 0 radical (unpaired) electrons. The summed E-state index contributed by atoms with van der Waals surface area (Å²) in [4.78, 5) is 0. The molecule has 0 aliphatic heterocycles. The predicted octanol–water partition coefficient (Wildman–Crippen LogP) is 4.15. The molecular formula is C16H29N. The monoisotopic (exact) mass is 235 g/mol. The number of nitrogens with one attached hydrogen (secondary N) is 1. The van der Waals surface area contributed by atoms with Gasteiger partial charge < -0.3 is 5.32 Å². The Morgan fingerprint density at radius 1 is 1.41 bits per heavy atom. The van der Waals surface area contributed by atoms with Crippen molar-refractivity contribution in [3.05, 3.63) is 11.6 Å². The summed E-state index contributed by atoms with van der Waals surface area (Å²) < 4.78 is 0. The molecule has 0 aromatic carbocycles. The number of hydrogen-bond donors (Lipinski definition) is 1. The molecule has 0 heterocycles. The summed E-state index contributed by atoms with van der Waals surface area (Å²) in [6, 6.07) is 0. The van der Waals surface area contributed by atoms with Crippen LogP contribution in [-0.4, -0.2) is 13.1 Å². The highest BCUT2D eigenvalue weighted by atomic mass is 14.9. The lowest BCUT2D eigenvalue weighted by molar-refractivity contribution is 0.0786. The maximum absolute atomic E-state index is 3.71. The highest BCUT2D eigenvalue weighted by Gasteiger charge is 2.46. The Kier molecular flexibility index (Phi) is 4.30. The minimum absolute atomic E-state index is 0.537. The van der Waals surface area contributed by atoms with Crippen molar-refractivity contribution < 1.29 is 0 Å². The van der Waals surface area contributed by atoms with Crippen LogP contribution in [0.4, 0.5) is 0 Å². The van der Waals surface area contributed by atoms with E-state index in [-0.39, 0.29) is 0 Å². The van der Waals surface area contributed by atoms with Gasteiger partial charge in [-0.15, -0.1) is 0 Å². The van der Waals surface area contributed by atoms with Gasteiger partial charge in [-0.3, -0.25) is 0 Å². The molecule has 0 spiro atoms. The van der Waals surface area contributed by atoms with Crippen molar-refractivity contribution in [2.75, 3.05) is 13.1 Å². The van der Waals surface area contributed by atoms with Crippen LogP contribution in [0.2, 0.25) is 0 Å². The summed E-state index contributed by atoms with van der Waals surface area (Å²) in [5.41, 5.74) is 2.33. The molecule has 1 saturated carbocycles. The molecule has 1 fully saturated rings. The standard InChI is InChI=1S/C16H29N/c1-13(2)11-17-12-16(10-9-14(16)3)15-7-5-4-6-8-15/h7,13-14,17H,4-6,8-12H2,1-3H3. The maximum atomic E-state index is 3.71. The minimum Gasteiger partial charge on any atom is -0.316 e. The molecule has 0 aromatic heterocycles. The molecule has 17 heavy (non-hydrogen) atoms. The SMILES string of the molecule is CC(C)CNCC1(C2=CCCCC2)CCC1C. The Labute approximate surface area is 107 Å². The first-order chi connectivity index (χ1) is 8.15. The average molecular weight is 235 g/mol. The van der Waals surface area contributed by atoms with E-state index in [1.807, 2.05) is 0 Å². The first kappa shape index (κ1) is 13.1. The molecule has 2 rings (SSSR count). The molecule has 2 aliphatic carbocycles. The second-order valence-corrected chi connectivity index (χ2v) is 6.60. The van der Waals surface area contributed by atoms with Crippen LogP contribution in [-0.2, 0) is 0 Å². The fourth-order valence-corrected chi connectivity index (χ4v) is 3.51. The molecule has 2 unspecified atom stereocenters. The third-order valence-corrected chi connectivity index (χ3v) is 4.89. The van der Waals surface area contributed by atoms with Crippen LogP contribution >= 0.6 is 0 Å². The molecular weight excluding hydrogens is 206 g/mol. The first-order valence-electron chi connectivity index (χ1n) is 7.55. The van der Waals surface area contributed by atoms with Crippen molar-refractivity contribution in [2.45, 2.75) is 59.3 Å². The second-order valence-electron chi connectivity index (χ2n) is 6.60. The van der Waals surface area contributed by atoms with Crippen LogP contribution in [0.25, 0.3) is 0 Å². The van der Waals surface area contributed by atoms with Gasteiger partial charge in [-0.25, -0.2) is 0 Å². The first-order valence-corrected chi connectivity index (χ1v) is 7.55. The van der Waals surface area contributed by atoms with Crippen molar-refractivity contribution in [3.63, 3.8) is 0 Å². The Morgan fingerprint density at radius 3 is 2.71 bits per heavy atom. The molecule has 1 N–H and O–H groups in total. The van der Waals surface area contributed by atoms with Crippen molar-refractivity contribution in [2.24, 2.45) is 17.3 Å². The Hall–Kier alpha value is -0.300. The van der Waals surface area contributed by atoms with Gasteiger partial charge in [-0.1, -0.05) is 32.4 Å². The second kappa shape index (κ2) is 5.56. The van der Waals surface area contributed by atoms with Crippen molar-refractivity contribution in [3.8, 4) is 0 Å². The molecule has 0 amide bonds. The normalized spacial score (nSPS) is 33.4. The third kappa shape index (κ3) is 2.76. The molecule has 0 aromatic rings. The summed E-state index contributed by atoms with van der Waals surface area (Å²) in [7, 11) is 0. The number of allylic oxidation sites excluding steroid dienone is 1. The van der Waals surface area contributed by atoms with Crippen molar-refractivity contribution in [1.82, 2.24) is 5.32 Å². The van der Waals surface area contributed by atoms with Gasteiger partial charge >= 0.3 is 0 Å². The van der Waals surface area contributed by atoms with Crippen LogP contribution in [0.15, 0.2) is 11.6 Å². The van der Waals surface area contributed by atoms with Crippen LogP contribution in [0, 0.1) is 17.3 Å². The topological polar surface area (TPSA) is 12.0 Å². The molecule has 0 saturated heterocycles. The van der Waals surface area contributed by atoms with Crippen molar-refractivity contribution in [1.29, 1.82) is 0 Å². The Balaban J connectivity index is 1.97. The average Bonchev–Trinajstić information content (AvgIpc) is 2.33. The van der Waals surface area contributed by atoms with Crippen LogP contribution in [0.5, 0.6) is 0 Å². The molecule has 2 aliphatic rings. The molecule has 0 bridgehead atoms. The third-order valence-electron chi connectivity index (χ3n) is 4.89. The van der Waals surface area contributed by atoms with Crippen LogP contribution in [0.3, 0.4) is 0 Å². The van der Waals surface area contributed by atoms with E-state index in [9.17, 15) is 0 Å². The van der Waals surface area contributed by atoms with Crippen LogP contribution < -0.4 is 5.32 Å². The van der Waals surface area contributed by atoms with Gasteiger partial charge in [0.2, 0.25) is 0 Å². The smallest absolute Gasteiger partial charge is 0.00623 e.